The lowest BCUT2D eigenvalue weighted by molar-refractivity contribution is -0.386. The van der Waals surface area contributed by atoms with E-state index in [1.54, 1.807) is 0 Å². The summed E-state index contributed by atoms with van der Waals surface area (Å²) < 4.78 is 55.8. The van der Waals surface area contributed by atoms with Gasteiger partial charge in [-0.1, -0.05) is 0 Å². The van der Waals surface area contributed by atoms with Gasteiger partial charge in [-0.3, -0.25) is 9.59 Å². The van der Waals surface area contributed by atoms with Crippen LogP contribution in [0.15, 0.2) is 0 Å². The quantitative estimate of drug-likeness (QED) is 0.0504. The number of carboxylic acids is 1. The maximum atomic E-state index is 12.5. The highest BCUT2D eigenvalue weighted by Gasteiger charge is 2.57. The van der Waals surface area contributed by atoms with Gasteiger partial charge in [-0.15, -0.1) is 0 Å². The molecule has 0 radical (unpaired) electrons. The van der Waals surface area contributed by atoms with Gasteiger partial charge in [-0.05, 0) is 0 Å². The lowest BCUT2D eigenvalue weighted by Gasteiger charge is -2.50. The zero-order chi connectivity index (χ0) is 49.6. The van der Waals surface area contributed by atoms with Gasteiger partial charge >= 0.3 is 5.97 Å². The maximum Gasteiger partial charge on any atom is 0.335 e. The summed E-state index contributed by atoms with van der Waals surface area (Å²) in [6, 6.07) is -2.74. The second-order valence-electron chi connectivity index (χ2n) is 16.2. The van der Waals surface area contributed by atoms with Gasteiger partial charge in [-0.25, -0.2) is 4.79 Å². The topological polar surface area (TPSA) is 491 Å². The molecule has 0 bridgehead atoms. The predicted octanol–water partition coefficient (Wildman–Crippen LogP) is -12.6. The zero-order valence-corrected chi connectivity index (χ0v) is 35.3. The molecule has 0 aliphatic carbocycles. The maximum absolute atomic E-state index is 12.5. The second-order valence-corrected chi connectivity index (χ2v) is 16.2. The third kappa shape index (κ3) is 12.3. The molecule has 18 N–H and O–H groups in total. The van der Waals surface area contributed by atoms with E-state index in [1.165, 1.54) is 0 Å². The van der Waals surface area contributed by atoms with Crippen LogP contribution in [0, 0.1) is 0 Å². The molecule has 5 aliphatic rings. The van der Waals surface area contributed by atoms with Crippen molar-refractivity contribution in [3.05, 3.63) is 0 Å². The van der Waals surface area contributed by atoms with Crippen LogP contribution in [-0.2, 0) is 61.8 Å². The molecule has 0 aromatic heterocycles. The van der Waals surface area contributed by atoms with Crippen LogP contribution in [0.25, 0.3) is 0 Å². The Bertz CT molecular complexity index is 1570. The predicted molar refractivity (Wildman–Crippen MR) is 202 cm³/mol. The molecule has 26 atom stereocenters. The Morgan fingerprint density at radius 1 is 0.522 bits per heavy atom. The highest BCUT2D eigenvalue weighted by atomic mass is 16.8. The Labute approximate surface area is 378 Å². The minimum atomic E-state index is -2.21. The van der Waals surface area contributed by atoms with E-state index in [4.69, 9.17) is 47.4 Å². The van der Waals surface area contributed by atoms with Gasteiger partial charge in [0.1, 0.15) is 116 Å². The molecule has 0 aromatic carbocycles. The zero-order valence-electron chi connectivity index (χ0n) is 35.3. The SMILES string of the molecule is CC(=O)N[C@H]1[C@H](O[C@H]2[C@@H](O)[C@@H](CO)O[C@@H](O[C@H]3[C@H](O)[C@@H](O)[C@H](OC[C@@H](CO)NC=O)O[C@@H]3CO)[C@@H]2O)O[C@H](CO)[C@@H](O[C@@H]2O[C@H](CO)[C@H](O)[C@H](O[C@@H]3O[C@H](C(=O)O)[C@@H](O)[C@H](O)[C@H]3O)[C@H]2O)[C@@H]1O. The van der Waals surface area contributed by atoms with E-state index >= 15 is 0 Å². The monoisotopic (exact) mass is 984 g/mol. The summed E-state index contributed by atoms with van der Waals surface area (Å²) in [5, 5.41) is 173. The Morgan fingerprint density at radius 2 is 0.955 bits per heavy atom. The number of hydrogen-bond donors (Lipinski definition) is 18. The average Bonchev–Trinajstić information content (AvgIpc) is 3.30. The molecule has 5 fully saturated rings. The van der Waals surface area contributed by atoms with Crippen LogP contribution in [0.1, 0.15) is 6.92 Å². The number of aliphatic hydroxyl groups is 15. The average molecular weight is 985 g/mol. The normalized spacial score (nSPS) is 46.6. The summed E-state index contributed by atoms with van der Waals surface area (Å²) >= 11 is 0. The van der Waals surface area contributed by atoms with Crippen LogP contribution in [0.2, 0.25) is 0 Å². The number of aliphatic carboxylic acids is 1. The van der Waals surface area contributed by atoms with Crippen molar-refractivity contribution in [2.24, 2.45) is 0 Å². The molecule has 31 heteroatoms. The molecule has 2 amide bonds. The van der Waals surface area contributed by atoms with Crippen LogP contribution >= 0.6 is 0 Å². The van der Waals surface area contributed by atoms with Crippen molar-refractivity contribution in [3.8, 4) is 0 Å². The number of nitrogens with one attached hydrogen (secondary N) is 2. The number of carboxylic acid groups (broad SMARTS) is 1. The summed E-state index contributed by atoms with van der Waals surface area (Å²) in [4.78, 5) is 34.9. The fourth-order valence-corrected chi connectivity index (χ4v) is 8.00. The van der Waals surface area contributed by atoms with E-state index in [-0.39, 0.29) is 6.41 Å². The molecule has 0 aromatic rings. The number of ether oxygens (including phenoxy) is 10. The summed E-state index contributed by atoms with van der Waals surface area (Å²) in [5.74, 6) is -2.65. The van der Waals surface area contributed by atoms with Crippen molar-refractivity contribution in [2.75, 3.05) is 39.6 Å². The molecule has 0 saturated carbocycles. The lowest BCUT2D eigenvalue weighted by Crippen LogP contribution is -2.70. The molecule has 67 heavy (non-hydrogen) atoms. The van der Waals surface area contributed by atoms with Gasteiger partial charge in [0, 0.05) is 6.92 Å². The Hall–Kier alpha value is -2.59. The van der Waals surface area contributed by atoms with Crippen LogP contribution in [0.4, 0.5) is 0 Å². The molecular formula is C36H60N2O29. The third-order valence-electron chi connectivity index (χ3n) is 11.7. The molecule has 0 unspecified atom stereocenters. The van der Waals surface area contributed by atoms with E-state index in [0.717, 1.165) is 6.92 Å². The number of rotatable bonds is 20. The minimum absolute atomic E-state index is 0.279. The highest BCUT2D eigenvalue weighted by molar-refractivity contribution is 5.73. The van der Waals surface area contributed by atoms with Crippen molar-refractivity contribution in [1.29, 1.82) is 0 Å². The van der Waals surface area contributed by atoms with Gasteiger partial charge in [0.05, 0.1) is 45.7 Å². The van der Waals surface area contributed by atoms with Gasteiger partial charge in [-0.2, -0.15) is 0 Å². The smallest absolute Gasteiger partial charge is 0.335 e. The number of carbonyl (C=O) groups excluding carboxylic acids is 2. The second kappa shape index (κ2) is 24.5. The molecule has 5 aliphatic heterocycles. The van der Waals surface area contributed by atoms with Crippen LogP contribution in [0.5, 0.6) is 0 Å². The van der Waals surface area contributed by atoms with Crippen LogP contribution in [0.3, 0.4) is 0 Å². The Kier molecular flexibility index (Phi) is 20.2. The number of hydrogen-bond acceptors (Lipinski definition) is 28. The molecule has 5 rings (SSSR count). The van der Waals surface area contributed by atoms with Crippen molar-refractivity contribution < 1.29 is 143 Å². The van der Waals surface area contributed by atoms with Crippen molar-refractivity contribution in [3.63, 3.8) is 0 Å². The van der Waals surface area contributed by atoms with Crippen molar-refractivity contribution >= 4 is 18.3 Å². The Balaban J connectivity index is 1.33. The largest absolute Gasteiger partial charge is 0.479 e. The van der Waals surface area contributed by atoms with Gasteiger partial charge in [0.25, 0.3) is 0 Å². The summed E-state index contributed by atoms with van der Waals surface area (Å²) in [6.45, 7) is -3.97. The Morgan fingerprint density at radius 3 is 1.42 bits per heavy atom. The third-order valence-corrected chi connectivity index (χ3v) is 11.7. The van der Waals surface area contributed by atoms with E-state index in [1.807, 2.05) is 0 Å². The summed E-state index contributed by atoms with van der Waals surface area (Å²) in [7, 11) is 0. The molecule has 0 spiro atoms. The first-order valence-electron chi connectivity index (χ1n) is 20.8. The van der Waals surface area contributed by atoms with E-state index in [2.05, 4.69) is 10.6 Å². The van der Waals surface area contributed by atoms with E-state index in [9.17, 15) is 96.1 Å². The number of amides is 2. The molecule has 388 valence electrons. The molecular weight excluding hydrogens is 924 g/mol. The first-order valence-corrected chi connectivity index (χ1v) is 20.8. The highest BCUT2D eigenvalue weighted by Crippen LogP contribution is 2.36. The fourth-order valence-electron chi connectivity index (χ4n) is 8.00. The van der Waals surface area contributed by atoms with Crippen molar-refractivity contribution in [2.45, 2.75) is 166 Å². The first kappa shape index (κ1) is 55.3. The van der Waals surface area contributed by atoms with Gasteiger partial charge in [0.2, 0.25) is 12.3 Å². The van der Waals surface area contributed by atoms with Crippen LogP contribution in [-0.4, -0.2) is 299 Å². The van der Waals surface area contributed by atoms with Gasteiger partial charge < -0.3 is 140 Å². The molecule has 5 heterocycles. The standard InChI is InChI=1S/C36H60N2O29/c1-9(45)38-15-18(48)26(63-35-25(55)29(17(47)12(4-41)59-35)66-34-22(52)19(49)20(50)30(67-34)31(56)57)13(5-42)61-32(15)65-28-16(46)11(3-40)60-36(24(28)54)64-27-14(6-43)62-33(23(53)21(27)51)58-7-10(2-39)37-8-44/h8,10-30,32-36,39-43,46-55H,2-7H2,1H3,(H,37,44)(H,38,45)(H,56,57)/t10-,11-,12-,13-,14-,15-,16+,17+,18-,19+,20+,21-,22-,23-,24-,25-,26-,27-,28+,29+,30+,32+,33-,34-,35+,36+/m1/s1. The van der Waals surface area contributed by atoms with Gasteiger partial charge in [0.15, 0.2) is 37.6 Å². The minimum Gasteiger partial charge on any atom is -0.479 e. The summed E-state index contributed by atoms with van der Waals surface area (Å²) in [6.07, 6.45) is -46.7. The van der Waals surface area contributed by atoms with Crippen LogP contribution < -0.4 is 10.6 Å². The summed E-state index contributed by atoms with van der Waals surface area (Å²) in [5.41, 5.74) is 0. The molecule has 5 saturated heterocycles. The van der Waals surface area contributed by atoms with E-state index < -0.39 is 211 Å². The first-order chi connectivity index (χ1) is 31.8. The number of carbonyl (C=O) groups is 3. The van der Waals surface area contributed by atoms with E-state index in [0.29, 0.717) is 0 Å². The fraction of sp³-hybridized carbons (Fsp3) is 0.917. The molecule has 31 nitrogen and oxygen atoms in total. The number of aliphatic hydroxyl groups excluding tert-OH is 15. The lowest BCUT2D eigenvalue weighted by atomic mass is 9.94. The van der Waals surface area contributed by atoms with Crippen molar-refractivity contribution in [1.82, 2.24) is 10.6 Å².